The van der Waals surface area contributed by atoms with Crippen molar-refractivity contribution in [1.82, 2.24) is 0 Å². The number of methoxy groups -OCH3 is 1. The van der Waals surface area contributed by atoms with Gasteiger partial charge in [0.2, 0.25) is 0 Å². The van der Waals surface area contributed by atoms with Gasteiger partial charge in [-0.3, -0.25) is 9.79 Å². The van der Waals surface area contributed by atoms with Crippen molar-refractivity contribution in [3.63, 3.8) is 0 Å². The summed E-state index contributed by atoms with van der Waals surface area (Å²) < 4.78 is 20.4. The Morgan fingerprint density at radius 3 is 2.96 bits per heavy atom. The Morgan fingerprint density at radius 2 is 2.27 bits per heavy atom. The molecule has 1 amide bonds. The molecule has 3 N–H and O–H groups in total. The molecule has 0 radical (unpaired) electrons. The van der Waals surface area contributed by atoms with Crippen LogP contribution < -0.4 is 15.8 Å². The zero-order chi connectivity index (χ0) is 18.9. The van der Waals surface area contributed by atoms with E-state index in [1.165, 1.54) is 42.3 Å². The number of anilines is 1. The van der Waals surface area contributed by atoms with Gasteiger partial charge in [-0.2, -0.15) is 0 Å². The molecule has 2 heterocycles. The number of halogens is 2. The Hall–Kier alpha value is -1.58. The van der Waals surface area contributed by atoms with Gasteiger partial charge < -0.3 is 15.8 Å². The molecule has 0 bridgehead atoms. The first-order chi connectivity index (χ1) is 12.3. The van der Waals surface area contributed by atoms with Crippen LogP contribution in [0.4, 0.5) is 10.1 Å². The molecule has 0 saturated carbocycles. The molecule has 5 nitrogen and oxygen atoms in total. The number of amidine groups is 1. The third kappa shape index (κ3) is 3.74. The normalized spacial score (nSPS) is 19.8. The van der Waals surface area contributed by atoms with Gasteiger partial charge >= 0.3 is 0 Å². The first-order valence-corrected chi connectivity index (χ1v) is 10.4. The number of aliphatic imine (C=N–C) groups is 1. The van der Waals surface area contributed by atoms with E-state index in [9.17, 15) is 9.18 Å². The van der Waals surface area contributed by atoms with E-state index in [4.69, 9.17) is 10.5 Å². The van der Waals surface area contributed by atoms with Crippen molar-refractivity contribution in [3.05, 3.63) is 44.3 Å². The lowest BCUT2D eigenvalue weighted by atomic mass is 9.89. The molecule has 0 aliphatic carbocycles. The summed E-state index contributed by atoms with van der Waals surface area (Å²) in [6.45, 7) is 1.85. The van der Waals surface area contributed by atoms with Gasteiger partial charge in [-0.15, -0.1) is 11.3 Å². The Morgan fingerprint density at radius 1 is 1.50 bits per heavy atom. The number of rotatable bonds is 4. The predicted octanol–water partition coefficient (Wildman–Crippen LogP) is 4.58. The monoisotopic (exact) mass is 457 g/mol. The molecule has 1 aromatic carbocycles. The fourth-order valence-corrected chi connectivity index (χ4v) is 5.13. The summed E-state index contributed by atoms with van der Waals surface area (Å²) in [6.07, 6.45) is 0.665. The molecule has 26 heavy (non-hydrogen) atoms. The maximum absolute atomic E-state index is 14.5. The summed E-state index contributed by atoms with van der Waals surface area (Å²) in [5.41, 5.74) is 6.40. The number of nitrogens with one attached hydrogen (secondary N) is 1. The highest BCUT2D eigenvalue weighted by atomic mass is 79.9. The lowest BCUT2D eigenvalue weighted by Crippen LogP contribution is -2.29. The van der Waals surface area contributed by atoms with E-state index < -0.39 is 5.54 Å². The Kier molecular flexibility index (Phi) is 5.59. The fraction of sp³-hybridized carbons (Fsp3) is 0.294. The van der Waals surface area contributed by atoms with Crippen LogP contribution in [-0.2, 0) is 5.54 Å². The Bertz CT molecular complexity index is 887. The summed E-state index contributed by atoms with van der Waals surface area (Å²) in [4.78, 5) is 17.0. The standard InChI is InChI=1S/C17H17BrFN3O2S2/c1-17(5-6-25-16(20)22-17)11-7-9(3-4-12(11)19)21-15(23)10-8-26-14(18)13(10)24-2/h3-4,7-8H,5-6H2,1-2H3,(H2,20,22)(H,21,23). The second-order valence-corrected chi connectivity index (χ2v) is 9.24. The van der Waals surface area contributed by atoms with Gasteiger partial charge in [0.05, 0.1) is 18.2 Å². The minimum atomic E-state index is -0.747. The molecular formula is C17H17BrFN3O2S2. The zero-order valence-electron chi connectivity index (χ0n) is 14.1. The van der Waals surface area contributed by atoms with Crippen LogP contribution in [0.2, 0.25) is 0 Å². The first kappa shape index (κ1) is 19.2. The van der Waals surface area contributed by atoms with E-state index in [1.807, 2.05) is 6.92 Å². The molecule has 1 unspecified atom stereocenters. The topological polar surface area (TPSA) is 76.7 Å². The molecule has 138 valence electrons. The van der Waals surface area contributed by atoms with E-state index in [0.29, 0.717) is 34.2 Å². The minimum absolute atomic E-state index is 0.325. The van der Waals surface area contributed by atoms with Crippen molar-refractivity contribution in [2.24, 2.45) is 10.7 Å². The number of nitrogens with two attached hydrogens (primary N) is 1. The van der Waals surface area contributed by atoms with Crippen LogP contribution in [0.3, 0.4) is 0 Å². The van der Waals surface area contributed by atoms with Crippen LogP contribution >= 0.6 is 39.0 Å². The number of hydrogen-bond acceptors (Lipinski definition) is 6. The quantitative estimate of drug-likeness (QED) is 0.704. The second-order valence-electron chi connectivity index (χ2n) is 5.93. The Balaban J connectivity index is 1.90. The average Bonchev–Trinajstić information content (AvgIpc) is 2.97. The first-order valence-electron chi connectivity index (χ1n) is 7.74. The van der Waals surface area contributed by atoms with Crippen molar-refractivity contribution in [1.29, 1.82) is 0 Å². The zero-order valence-corrected chi connectivity index (χ0v) is 17.4. The second kappa shape index (κ2) is 7.58. The van der Waals surface area contributed by atoms with Crippen LogP contribution in [0.25, 0.3) is 0 Å². The highest BCUT2D eigenvalue weighted by molar-refractivity contribution is 9.11. The number of amides is 1. The van der Waals surface area contributed by atoms with E-state index in [1.54, 1.807) is 11.4 Å². The number of carbonyl (C=O) groups excluding carboxylic acids is 1. The van der Waals surface area contributed by atoms with Crippen molar-refractivity contribution in [3.8, 4) is 5.75 Å². The van der Waals surface area contributed by atoms with E-state index in [0.717, 1.165) is 9.54 Å². The number of hydrogen-bond donors (Lipinski definition) is 2. The van der Waals surface area contributed by atoms with Crippen LogP contribution in [0.5, 0.6) is 5.75 Å². The van der Waals surface area contributed by atoms with Crippen LogP contribution in [-0.4, -0.2) is 23.9 Å². The van der Waals surface area contributed by atoms with Gasteiger partial charge in [0, 0.05) is 22.4 Å². The number of thiophene rings is 1. The highest BCUT2D eigenvalue weighted by Crippen LogP contribution is 2.38. The summed E-state index contributed by atoms with van der Waals surface area (Å²) >= 11 is 6.17. The van der Waals surface area contributed by atoms with Gasteiger partial charge in [0.1, 0.15) is 9.60 Å². The molecule has 1 aliphatic rings. The number of carbonyl (C=O) groups is 1. The Labute approximate surface area is 167 Å². The van der Waals surface area contributed by atoms with Gasteiger partial charge in [0.15, 0.2) is 10.9 Å². The van der Waals surface area contributed by atoms with E-state index >= 15 is 0 Å². The predicted molar refractivity (Wildman–Crippen MR) is 109 cm³/mol. The molecule has 1 aliphatic heterocycles. The largest absolute Gasteiger partial charge is 0.494 e. The molecule has 0 fully saturated rings. The third-order valence-electron chi connectivity index (χ3n) is 4.15. The van der Waals surface area contributed by atoms with Gasteiger partial charge in [-0.05, 0) is 47.5 Å². The summed E-state index contributed by atoms with van der Waals surface area (Å²) in [5.74, 6) is 0.546. The minimum Gasteiger partial charge on any atom is -0.494 e. The van der Waals surface area contributed by atoms with Crippen molar-refractivity contribution in [2.75, 3.05) is 18.2 Å². The summed E-state index contributed by atoms with van der Waals surface area (Å²) in [7, 11) is 1.50. The van der Waals surface area contributed by atoms with Crippen molar-refractivity contribution in [2.45, 2.75) is 18.9 Å². The molecule has 1 aromatic heterocycles. The van der Waals surface area contributed by atoms with Crippen LogP contribution in [0.15, 0.2) is 32.4 Å². The third-order valence-corrected chi connectivity index (χ3v) is 6.61. The van der Waals surface area contributed by atoms with Crippen LogP contribution in [0.1, 0.15) is 29.3 Å². The smallest absolute Gasteiger partial charge is 0.260 e. The molecular weight excluding hydrogens is 441 g/mol. The lowest BCUT2D eigenvalue weighted by molar-refractivity contribution is 0.102. The molecule has 3 rings (SSSR count). The van der Waals surface area contributed by atoms with Gasteiger partial charge in [0.25, 0.3) is 5.91 Å². The van der Waals surface area contributed by atoms with Gasteiger partial charge in [-0.25, -0.2) is 4.39 Å². The SMILES string of the molecule is COc1c(C(=O)Nc2ccc(F)c(C3(C)CCSC(N)=N3)c2)csc1Br. The van der Waals surface area contributed by atoms with E-state index in [-0.39, 0.29) is 11.7 Å². The van der Waals surface area contributed by atoms with Crippen molar-refractivity contribution >= 4 is 55.8 Å². The van der Waals surface area contributed by atoms with Gasteiger partial charge in [-0.1, -0.05) is 11.8 Å². The number of nitrogens with zero attached hydrogens (tertiary/aromatic N) is 1. The molecule has 0 spiro atoms. The molecule has 1 atom stereocenters. The maximum Gasteiger partial charge on any atom is 0.260 e. The molecule has 2 aromatic rings. The summed E-state index contributed by atoms with van der Waals surface area (Å²) in [5, 5.41) is 4.94. The number of thioether (sulfide) groups is 1. The average molecular weight is 458 g/mol. The van der Waals surface area contributed by atoms with Crippen LogP contribution in [0, 0.1) is 5.82 Å². The number of ether oxygens (including phenoxy) is 1. The maximum atomic E-state index is 14.5. The van der Waals surface area contributed by atoms with Crippen molar-refractivity contribution < 1.29 is 13.9 Å². The lowest BCUT2D eigenvalue weighted by Gasteiger charge is -2.30. The highest BCUT2D eigenvalue weighted by Gasteiger charge is 2.32. The molecule has 9 heteroatoms. The fourth-order valence-electron chi connectivity index (χ4n) is 2.77. The summed E-state index contributed by atoms with van der Waals surface area (Å²) in [6, 6.07) is 4.48. The van der Waals surface area contributed by atoms with E-state index in [2.05, 4.69) is 26.2 Å². The number of benzene rings is 1. The molecule has 0 saturated heterocycles.